The summed E-state index contributed by atoms with van der Waals surface area (Å²) >= 11 is 0. The van der Waals surface area contributed by atoms with Crippen LogP contribution in [0.3, 0.4) is 0 Å². The van der Waals surface area contributed by atoms with Crippen LogP contribution in [0.5, 0.6) is 0 Å². The minimum absolute atomic E-state index is 0.444. The molecule has 0 spiro atoms. The molecule has 1 N–H and O–H groups in total. The highest BCUT2D eigenvalue weighted by atomic mass is 14.9. The molecule has 1 heterocycles. The van der Waals surface area contributed by atoms with Gasteiger partial charge < -0.3 is 5.32 Å². The van der Waals surface area contributed by atoms with Gasteiger partial charge in [-0.2, -0.15) is 0 Å². The molecule has 0 saturated carbocycles. The van der Waals surface area contributed by atoms with Crippen molar-refractivity contribution in [3.8, 4) is 0 Å². The smallest absolute Gasteiger partial charge is 0.0702 e. The van der Waals surface area contributed by atoms with E-state index < -0.39 is 0 Å². The molecule has 1 atom stereocenters. The normalized spacial score (nSPS) is 13.1. The van der Waals surface area contributed by atoms with Gasteiger partial charge in [-0.25, -0.2) is 0 Å². The van der Waals surface area contributed by atoms with Crippen molar-refractivity contribution >= 4 is 10.9 Å². The standard InChI is InChI=1S/C16H22N2/c1-4-17-16(10-12(2)3)14-7-8-15-13(11-14)6-5-9-18-15/h5-9,11-12,16-17H,4,10H2,1-3H3. The number of pyridine rings is 1. The van der Waals surface area contributed by atoms with Gasteiger partial charge in [0.05, 0.1) is 5.52 Å². The summed E-state index contributed by atoms with van der Waals surface area (Å²) < 4.78 is 0. The lowest BCUT2D eigenvalue weighted by atomic mass is 9.96. The predicted octanol–water partition coefficient (Wildman–Crippen LogP) is 3.93. The minimum atomic E-state index is 0.444. The zero-order valence-corrected chi connectivity index (χ0v) is 11.5. The molecule has 96 valence electrons. The lowest BCUT2D eigenvalue weighted by Crippen LogP contribution is -2.22. The summed E-state index contributed by atoms with van der Waals surface area (Å²) in [6.07, 6.45) is 3.01. The zero-order valence-electron chi connectivity index (χ0n) is 11.5. The molecule has 2 nitrogen and oxygen atoms in total. The maximum absolute atomic E-state index is 4.37. The fourth-order valence-electron chi connectivity index (χ4n) is 2.37. The summed E-state index contributed by atoms with van der Waals surface area (Å²) in [5.41, 5.74) is 2.44. The van der Waals surface area contributed by atoms with E-state index in [1.807, 2.05) is 12.3 Å². The van der Waals surface area contributed by atoms with Crippen LogP contribution < -0.4 is 5.32 Å². The Bertz CT molecular complexity index is 505. The summed E-state index contributed by atoms with van der Waals surface area (Å²) in [5, 5.41) is 4.80. The van der Waals surface area contributed by atoms with Gasteiger partial charge in [-0.1, -0.05) is 32.9 Å². The van der Waals surface area contributed by atoms with Gasteiger partial charge in [0.1, 0.15) is 0 Å². The van der Waals surface area contributed by atoms with E-state index in [9.17, 15) is 0 Å². The van der Waals surface area contributed by atoms with Crippen LogP contribution in [0.15, 0.2) is 36.5 Å². The number of nitrogens with zero attached hydrogens (tertiary/aromatic N) is 1. The van der Waals surface area contributed by atoms with Gasteiger partial charge in [-0.3, -0.25) is 4.98 Å². The molecule has 0 aliphatic heterocycles. The first kappa shape index (κ1) is 13.0. The summed E-state index contributed by atoms with van der Waals surface area (Å²) in [4.78, 5) is 4.37. The van der Waals surface area contributed by atoms with Gasteiger partial charge in [0.2, 0.25) is 0 Å². The largest absolute Gasteiger partial charge is 0.310 e. The van der Waals surface area contributed by atoms with Crippen molar-refractivity contribution in [3.63, 3.8) is 0 Å². The highest BCUT2D eigenvalue weighted by Gasteiger charge is 2.12. The van der Waals surface area contributed by atoms with Crippen LogP contribution in [0.1, 0.15) is 38.8 Å². The van der Waals surface area contributed by atoms with E-state index >= 15 is 0 Å². The number of fused-ring (bicyclic) bond motifs is 1. The van der Waals surface area contributed by atoms with Crippen LogP contribution in [-0.4, -0.2) is 11.5 Å². The molecule has 0 amide bonds. The van der Waals surface area contributed by atoms with Gasteiger partial charge in [0.25, 0.3) is 0 Å². The second-order valence-electron chi connectivity index (χ2n) is 5.20. The Hall–Kier alpha value is -1.41. The van der Waals surface area contributed by atoms with Crippen molar-refractivity contribution < 1.29 is 0 Å². The third kappa shape index (κ3) is 3.08. The Labute approximate surface area is 109 Å². The number of hydrogen-bond acceptors (Lipinski definition) is 2. The molecule has 1 unspecified atom stereocenters. The van der Waals surface area contributed by atoms with Crippen molar-refractivity contribution in [1.82, 2.24) is 10.3 Å². The maximum Gasteiger partial charge on any atom is 0.0702 e. The molecular formula is C16H22N2. The van der Waals surface area contributed by atoms with Gasteiger partial charge in [0, 0.05) is 17.6 Å². The fourth-order valence-corrected chi connectivity index (χ4v) is 2.37. The first-order valence-corrected chi connectivity index (χ1v) is 6.78. The van der Waals surface area contributed by atoms with Crippen molar-refractivity contribution in [2.45, 2.75) is 33.2 Å². The molecule has 0 aliphatic carbocycles. The Morgan fingerprint density at radius 2 is 2.06 bits per heavy atom. The molecule has 0 bridgehead atoms. The third-order valence-corrected chi connectivity index (χ3v) is 3.19. The van der Waals surface area contributed by atoms with Crippen molar-refractivity contribution in [2.75, 3.05) is 6.54 Å². The SMILES string of the molecule is CCNC(CC(C)C)c1ccc2ncccc2c1. The number of benzene rings is 1. The highest BCUT2D eigenvalue weighted by molar-refractivity contribution is 5.79. The summed E-state index contributed by atoms with van der Waals surface area (Å²) in [6, 6.07) is 11.2. The Morgan fingerprint density at radius 3 is 2.78 bits per heavy atom. The molecule has 0 fully saturated rings. The molecule has 0 aliphatic rings. The molecule has 1 aromatic heterocycles. The minimum Gasteiger partial charge on any atom is -0.310 e. The number of nitrogens with one attached hydrogen (secondary N) is 1. The molecule has 2 heteroatoms. The van der Waals surface area contributed by atoms with Crippen molar-refractivity contribution in [1.29, 1.82) is 0 Å². The molecule has 0 radical (unpaired) electrons. The average molecular weight is 242 g/mol. The molecule has 1 aromatic carbocycles. The zero-order chi connectivity index (χ0) is 13.0. The van der Waals surface area contributed by atoms with Crippen molar-refractivity contribution in [3.05, 3.63) is 42.1 Å². The summed E-state index contributed by atoms with van der Waals surface area (Å²) in [7, 11) is 0. The Morgan fingerprint density at radius 1 is 1.22 bits per heavy atom. The van der Waals surface area contributed by atoms with Crippen LogP contribution in [-0.2, 0) is 0 Å². The van der Waals surface area contributed by atoms with Crippen LogP contribution in [0, 0.1) is 5.92 Å². The van der Waals surface area contributed by atoms with Gasteiger partial charge in [-0.15, -0.1) is 0 Å². The molecule has 2 rings (SSSR count). The monoisotopic (exact) mass is 242 g/mol. The van der Waals surface area contributed by atoms with Crippen LogP contribution in [0.2, 0.25) is 0 Å². The quantitative estimate of drug-likeness (QED) is 0.859. The van der Waals surface area contributed by atoms with Crippen LogP contribution in [0.25, 0.3) is 10.9 Å². The van der Waals surface area contributed by atoms with Gasteiger partial charge in [-0.05, 0) is 42.6 Å². The first-order chi connectivity index (χ1) is 8.70. The van der Waals surface area contributed by atoms with Gasteiger partial charge in [0.15, 0.2) is 0 Å². The topological polar surface area (TPSA) is 24.9 Å². The van der Waals surface area contributed by atoms with Crippen LogP contribution >= 0.6 is 0 Å². The second kappa shape index (κ2) is 5.96. The van der Waals surface area contributed by atoms with E-state index in [2.05, 4.69) is 55.3 Å². The Kier molecular flexibility index (Phi) is 4.32. The fraction of sp³-hybridized carbons (Fsp3) is 0.438. The number of hydrogen-bond donors (Lipinski definition) is 1. The van der Waals surface area contributed by atoms with E-state index in [1.165, 1.54) is 17.4 Å². The summed E-state index contributed by atoms with van der Waals surface area (Å²) in [5.74, 6) is 0.693. The molecule has 2 aromatic rings. The number of aromatic nitrogens is 1. The maximum atomic E-state index is 4.37. The Balaban J connectivity index is 2.31. The highest BCUT2D eigenvalue weighted by Crippen LogP contribution is 2.24. The third-order valence-electron chi connectivity index (χ3n) is 3.19. The lowest BCUT2D eigenvalue weighted by Gasteiger charge is -2.20. The molecule has 18 heavy (non-hydrogen) atoms. The molecule has 0 saturated heterocycles. The second-order valence-corrected chi connectivity index (χ2v) is 5.20. The van der Waals surface area contributed by atoms with E-state index in [1.54, 1.807) is 0 Å². The molecular weight excluding hydrogens is 220 g/mol. The van der Waals surface area contributed by atoms with Crippen LogP contribution in [0.4, 0.5) is 0 Å². The lowest BCUT2D eigenvalue weighted by molar-refractivity contribution is 0.439. The van der Waals surface area contributed by atoms with Crippen molar-refractivity contribution in [2.24, 2.45) is 5.92 Å². The van der Waals surface area contributed by atoms with E-state index in [4.69, 9.17) is 0 Å². The number of rotatable bonds is 5. The predicted molar refractivity (Wildman–Crippen MR) is 77.6 cm³/mol. The average Bonchev–Trinajstić information content (AvgIpc) is 2.37. The summed E-state index contributed by atoms with van der Waals surface area (Å²) in [6.45, 7) is 7.71. The van der Waals surface area contributed by atoms with E-state index in [0.717, 1.165) is 12.1 Å². The van der Waals surface area contributed by atoms with E-state index in [0.29, 0.717) is 12.0 Å². The van der Waals surface area contributed by atoms with Gasteiger partial charge >= 0.3 is 0 Å². The first-order valence-electron chi connectivity index (χ1n) is 6.78. The van der Waals surface area contributed by atoms with E-state index in [-0.39, 0.29) is 0 Å².